The van der Waals surface area contributed by atoms with E-state index in [9.17, 15) is 5.11 Å². The molecule has 1 aliphatic heterocycles. The van der Waals surface area contributed by atoms with E-state index >= 15 is 0 Å². The summed E-state index contributed by atoms with van der Waals surface area (Å²) in [6.07, 6.45) is 1.25. The van der Waals surface area contributed by atoms with Gasteiger partial charge in [-0.15, -0.1) is 0 Å². The van der Waals surface area contributed by atoms with E-state index in [-0.39, 0.29) is 0 Å². The van der Waals surface area contributed by atoms with E-state index in [1.54, 1.807) is 0 Å². The molecule has 0 aliphatic carbocycles. The second-order valence-corrected chi connectivity index (χ2v) is 4.60. The van der Waals surface area contributed by atoms with Crippen molar-refractivity contribution in [2.75, 3.05) is 6.61 Å². The Morgan fingerprint density at radius 1 is 1.00 bits per heavy atom. The molecule has 0 bridgehead atoms. The second kappa shape index (κ2) is 4.83. The van der Waals surface area contributed by atoms with Crippen LogP contribution in [0.3, 0.4) is 0 Å². The van der Waals surface area contributed by atoms with E-state index < -0.39 is 6.10 Å². The highest BCUT2D eigenvalue weighted by atomic mass is 16.5. The Balaban J connectivity index is 2.14. The van der Waals surface area contributed by atoms with E-state index in [1.807, 2.05) is 36.4 Å². The highest BCUT2D eigenvalue weighted by Gasteiger charge is 2.20. The zero-order valence-corrected chi connectivity index (χ0v) is 10.2. The van der Waals surface area contributed by atoms with Crippen molar-refractivity contribution in [1.29, 1.82) is 0 Å². The lowest BCUT2D eigenvalue weighted by Gasteiger charge is -2.15. The van der Waals surface area contributed by atoms with Crippen LogP contribution >= 0.6 is 0 Å². The maximum atomic E-state index is 10.1. The number of aliphatic hydroxyl groups is 1. The Morgan fingerprint density at radius 2 is 1.83 bits per heavy atom. The molecule has 2 nitrogen and oxygen atoms in total. The molecule has 2 heteroatoms. The Morgan fingerprint density at radius 3 is 2.67 bits per heavy atom. The lowest BCUT2D eigenvalue weighted by molar-refractivity contribution is 0.167. The number of benzene rings is 2. The first-order valence-corrected chi connectivity index (χ1v) is 6.35. The van der Waals surface area contributed by atoms with Crippen LogP contribution in [0.5, 0.6) is 5.75 Å². The van der Waals surface area contributed by atoms with Gasteiger partial charge in [0.1, 0.15) is 5.75 Å². The molecule has 1 aliphatic rings. The average Bonchev–Trinajstić information content (AvgIpc) is 2.62. The molecule has 1 N–H and O–H groups in total. The molecule has 3 rings (SSSR count). The van der Waals surface area contributed by atoms with E-state index in [4.69, 9.17) is 4.74 Å². The fraction of sp³-hybridized carbons (Fsp3) is 0.250. The summed E-state index contributed by atoms with van der Waals surface area (Å²) in [4.78, 5) is 0. The monoisotopic (exact) mass is 240 g/mol. The van der Waals surface area contributed by atoms with Crippen molar-refractivity contribution in [3.63, 3.8) is 0 Å². The molecule has 2 aromatic carbocycles. The largest absolute Gasteiger partial charge is 0.493 e. The molecule has 0 amide bonds. The van der Waals surface area contributed by atoms with Gasteiger partial charge in [0, 0.05) is 11.1 Å². The lowest BCUT2D eigenvalue weighted by Crippen LogP contribution is -1.98. The topological polar surface area (TPSA) is 29.5 Å². The summed E-state index contributed by atoms with van der Waals surface area (Å²) >= 11 is 0. The quantitative estimate of drug-likeness (QED) is 0.825. The minimum Gasteiger partial charge on any atom is -0.493 e. The highest BCUT2D eigenvalue weighted by Crippen LogP contribution is 2.39. The Labute approximate surface area is 107 Å². The molecular formula is C16H16O2. The van der Waals surface area contributed by atoms with Crippen LogP contribution in [-0.4, -0.2) is 11.7 Å². The van der Waals surface area contributed by atoms with Gasteiger partial charge in [0.05, 0.1) is 12.7 Å². The summed E-state index contributed by atoms with van der Waals surface area (Å²) in [6, 6.07) is 16.2. The second-order valence-electron chi connectivity index (χ2n) is 4.60. The van der Waals surface area contributed by atoms with Gasteiger partial charge in [-0.3, -0.25) is 0 Å². The van der Waals surface area contributed by atoms with Gasteiger partial charge in [-0.2, -0.15) is 0 Å². The summed E-state index contributed by atoms with van der Waals surface area (Å²) in [5, 5.41) is 10.1. The minimum absolute atomic E-state index is 0.411. The third-order valence-corrected chi connectivity index (χ3v) is 3.36. The molecule has 0 spiro atoms. The molecule has 0 fully saturated rings. The predicted octanol–water partition coefficient (Wildman–Crippen LogP) is 3.56. The number of rotatable bonds is 1. The Hall–Kier alpha value is -1.80. The lowest BCUT2D eigenvalue weighted by atomic mass is 9.98. The summed E-state index contributed by atoms with van der Waals surface area (Å²) in [6.45, 7) is 0.675. The van der Waals surface area contributed by atoms with Crippen LogP contribution in [0.15, 0.2) is 48.5 Å². The number of hydrogen-bond acceptors (Lipinski definition) is 2. The standard InChI is InChI=1S/C16H16O2/c17-15-10-5-11-18-16-13(8-4-9-14(15)16)12-6-2-1-3-7-12/h1-4,6-9,15,17H,5,10-11H2/t15-/m0/s1. The van der Waals surface area contributed by atoms with Crippen molar-refractivity contribution in [3.8, 4) is 16.9 Å². The number of fused-ring (bicyclic) bond motifs is 1. The van der Waals surface area contributed by atoms with Gasteiger partial charge in [-0.1, -0.05) is 48.5 Å². The van der Waals surface area contributed by atoms with Gasteiger partial charge < -0.3 is 9.84 Å². The van der Waals surface area contributed by atoms with E-state index in [2.05, 4.69) is 12.1 Å². The zero-order valence-electron chi connectivity index (χ0n) is 10.2. The summed E-state index contributed by atoms with van der Waals surface area (Å²) in [5.74, 6) is 0.841. The Kier molecular flexibility index (Phi) is 3.03. The SMILES string of the molecule is O[C@H]1CCCOc2c(-c3ccccc3)cccc21. The van der Waals surface area contributed by atoms with Crippen LogP contribution in [0.1, 0.15) is 24.5 Å². The highest BCUT2D eigenvalue weighted by molar-refractivity contribution is 5.72. The molecule has 0 saturated heterocycles. The van der Waals surface area contributed by atoms with Gasteiger partial charge in [0.2, 0.25) is 0 Å². The molecule has 2 aromatic rings. The van der Waals surface area contributed by atoms with Crippen molar-refractivity contribution in [1.82, 2.24) is 0 Å². The smallest absolute Gasteiger partial charge is 0.132 e. The minimum atomic E-state index is -0.411. The van der Waals surface area contributed by atoms with Crippen LogP contribution in [0, 0.1) is 0 Å². The average molecular weight is 240 g/mol. The zero-order chi connectivity index (χ0) is 12.4. The number of hydrogen-bond donors (Lipinski definition) is 1. The van der Waals surface area contributed by atoms with Crippen molar-refractivity contribution >= 4 is 0 Å². The van der Waals surface area contributed by atoms with Crippen molar-refractivity contribution in [2.24, 2.45) is 0 Å². The van der Waals surface area contributed by atoms with E-state index in [0.29, 0.717) is 6.61 Å². The van der Waals surface area contributed by atoms with Gasteiger partial charge in [-0.25, -0.2) is 0 Å². The van der Waals surface area contributed by atoms with Gasteiger partial charge >= 0.3 is 0 Å². The number of aliphatic hydroxyl groups excluding tert-OH is 1. The van der Waals surface area contributed by atoms with Gasteiger partial charge in [-0.05, 0) is 18.4 Å². The maximum absolute atomic E-state index is 10.1. The van der Waals surface area contributed by atoms with Gasteiger partial charge in [0.25, 0.3) is 0 Å². The molecule has 1 atom stereocenters. The number of para-hydroxylation sites is 1. The summed E-state index contributed by atoms with van der Waals surface area (Å²) < 4.78 is 5.84. The van der Waals surface area contributed by atoms with Crippen LogP contribution in [0.25, 0.3) is 11.1 Å². The fourth-order valence-electron chi connectivity index (χ4n) is 2.43. The summed E-state index contributed by atoms with van der Waals surface area (Å²) in [5.41, 5.74) is 3.10. The first-order chi connectivity index (χ1) is 8.86. The molecular weight excluding hydrogens is 224 g/mol. The maximum Gasteiger partial charge on any atom is 0.132 e. The van der Waals surface area contributed by atoms with Crippen LogP contribution in [0.4, 0.5) is 0 Å². The van der Waals surface area contributed by atoms with Crippen molar-refractivity contribution in [3.05, 3.63) is 54.1 Å². The van der Waals surface area contributed by atoms with Crippen molar-refractivity contribution in [2.45, 2.75) is 18.9 Å². The number of ether oxygens (including phenoxy) is 1. The molecule has 92 valence electrons. The van der Waals surface area contributed by atoms with Crippen LogP contribution < -0.4 is 4.74 Å². The third-order valence-electron chi connectivity index (χ3n) is 3.36. The van der Waals surface area contributed by atoms with Crippen molar-refractivity contribution < 1.29 is 9.84 Å². The van der Waals surface area contributed by atoms with Crippen LogP contribution in [0.2, 0.25) is 0 Å². The molecule has 0 aromatic heterocycles. The molecule has 18 heavy (non-hydrogen) atoms. The predicted molar refractivity (Wildman–Crippen MR) is 71.6 cm³/mol. The molecule has 1 heterocycles. The molecule has 0 saturated carbocycles. The van der Waals surface area contributed by atoms with E-state index in [1.165, 1.54) is 0 Å². The van der Waals surface area contributed by atoms with Crippen LogP contribution in [-0.2, 0) is 0 Å². The summed E-state index contributed by atoms with van der Waals surface area (Å²) in [7, 11) is 0. The Bertz CT molecular complexity index is 534. The third kappa shape index (κ3) is 2.00. The fourth-order valence-corrected chi connectivity index (χ4v) is 2.43. The molecule has 0 radical (unpaired) electrons. The first kappa shape index (κ1) is 11.3. The first-order valence-electron chi connectivity index (χ1n) is 6.35. The molecule has 0 unspecified atom stereocenters. The normalized spacial score (nSPS) is 18.6. The van der Waals surface area contributed by atoms with Gasteiger partial charge in [0.15, 0.2) is 0 Å². The van der Waals surface area contributed by atoms with E-state index in [0.717, 1.165) is 35.3 Å².